The molecule has 0 N–H and O–H groups in total. The minimum Gasteiger partial charge on any atom is -0.657 e. The summed E-state index contributed by atoms with van der Waals surface area (Å²) in [5.74, 6) is 0. The van der Waals surface area contributed by atoms with Crippen molar-refractivity contribution in [1.82, 2.24) is 0 Å². The molecule has 0 bridgehead atoms. The molecule has 2 aromatic carbocycles. The average molecular weight is 306 g/mol. The Morgan fingerprint density at radius 1 is 0.625 bits per heavy atom. The summed E-state index contributed by atoms with van der Waals surface area (Å²) in [5.41, 5.74) is 2.60. The number of hydrogen-bond acceptors (Lipinski definition) is 0. The van der Waals surface area contributed by atoms with Crippen LogP contribution in [0.1, 0.15) is 36.8 Å². The number of rotatable bonds is 6. The SMILES string of the molecule is [Li+].[Li+].c1ccc(C[N-][C@H]2CCCC[C@@H]2[N-]Cc2ccccc2)cc1. The number of benzene rings is 2. The van der Waals surface area contributed by atoms with Crippen LogP contribution >= 0.6 is 0 Å². The van der Waals surface area contributed by atoms with Crippen molar-refractivity contribution in [2.45, 2.75) is 50.9 Å². The Labute approximate surface area is 170 Å². The van der Waals surface area contributed by atoms with E-state index in [1.54, 1.807) is 0 Å². The van der Waals surface area contributed by atoms with Gasteiger partial charge in [-0.05, 0) is 0 Å². The van der Waals surface area contributed by atoms with Crippen molar-refractivity contribution in [1.29, 1.82) is 0 Å². The average Bonchev–Trinajstić information content (AvgIpc) is 2.61. The predicted octanol–water partition coefficient (Wildman–Crippen LogP) is -0.547. The molecule has 0 spiro atoms. The second-order valence-corrected chi connectivity index (χ2v) is 6.07. The van der Waals surface area contributed by atoms with E-state index in [2.05, 4.69) is 60.7 Å². The van der Waals surface area contributed by atoms with E-state index in [1.165, 1.54) is 36.8 Å². The summed E-state index contributed by atoms with van der Waals surface area (Å²) in [7, 11) is 0. The van der Waals surface area contributed by atoms with Gasteiger partial charge in [0.15, 0.2) is 0 Å². The summed E-state index contributed by atoms with van der Waals surface area (Å²) in [4.78, 5) is 0. The van der Waals surface area contributed by atoms with Crippen molar-refractivity contribution in [2.24, 2.45) is 0 Å². The maximum absolute atomic E-state index is 4.95. The van der Waals surface area contributed by atoms with Crippen molar-refractivity contribution in [3.05, 3.63) is 82.4 Å². The van der Waals surface area contributed by atoms with Crippen LogP contribution in [0.25, 0.3) is 10.6 Å². The molecule has 0 unspecified atom stereocenters. The Morgan fingerprint density at radius 2 is 1.00 bits per heavy atom. The van der Waals surface area contributed by atoms with Gasteiger partial charge in [-0.25, -0.2) is 0 Å². The Hall–Kier alpha value is -0.445. The molecular weight excluding hydrogens is 282 g/mol. The van der Waals surface area contributed by atoms with Crippen LogP contribution in [0.3, 0.4) is 0 Å². The van der Waals surface area contributed by atoms with E-state index < -0.39 is 0 Å². The van der Waals surface area contributed by atoms with Gasteiger partial charge in [-0.1, -0.05) is 97.5 Å². The van der Waals surface area contributed by atoms with E-state index >= 15 is 0 Å². The summed E-state index contributed by atoms with van der Waals surface area (Å²) in [6.45, 7) is 1.64. The van der Waals surface area contributed by atoms with Crippen molar-refractivity contribution >= 4 is 0 Å². The maximum Gasteiger partial charge on any atom is 1.00 e. The van der Waals surface area contributed by atoms with E-state index in [0.717, 1.165) is 13.1 Å². The van der Waals surface area contributed by atoms with E-state index in [-0.39, 0.29) is 37.7 Å². The minimum absolute atomic E-state index is 0. The van der Waals surface area contributed by atoms with Gasteiger partial charge in [0.05, 0.1) is 0 Å². The van der Waals surface area contributed by atoms with Crippen molar-refractivity contribution < 1.29 is 37.7 Å². The largest absolute Gasteiger partial charge is 1.00 e. The standard InChI is InChI=1S/C20H24N2.2Li/c1-3-9-17(10-4-1)15-21-19-13-7-8-14-20(19)22-16-18-11-5-2-6-12-18;;/h1-6,9-12,19-20H,7-8,13-16H2;;/q-2;2*+1/t19-,20-;;/m0../s1. The van der Waals surface area contributed by atoms with Crippen molar-refractivity contribution in [2.75, 3.05) is 0 Å². The third-order valence-electron chi connectivity index (χ3n) is 4.40. The fourth-order valence-electron chi connectivity index (χ4n) is 3.13. The van der Waals surface area contributed by atoms with Gasteiger partial charge in [0.2, 0.25) is 0 Å². The van der Waals surface area contributed by atoms with Gasteiger partial charge in [0.1, 0.15) is 0 Å². The van der Waals surface area contributed by atoms with Gasteiger partial charge < -0.3 is 10.6 Å². The fourth-order valence-corrected chi connectivity index (χ4v) is 3.13. The Kier molecular flexibility index (Phi) is 10.8. The molecular formula is C20H24Li2N2. The topological polar surface area (TPSA) is 28.2 Å². The molecule has 1 aliphatic carbocycles. The molecule has 1 fully saturated rings. The summed E-state index contributed by atoms with van der Waals surface area (Å²) < 4.78 is 0. The third kappa shape index (κ3) is 6.82. The zero-order chi connectivity index (χ0) is 15.0. The summed E-state index contributed by atoms with van der Waals surface area (Å²) in [6, 6.07) is 21.9. The first-order chi connectivity index (χ1) is 10.9. The van der Waals surface area contributed by atoms with Crippen LogP contribution in [0.2, 0.25) is 0 Å². The summed E-state index contributed by atoms with van der Waals surface area (Å²) >= 11 is 0. The van der Waals surface area contributed by atoms with Crippen LogP contribution in [0.4, 0.5) is 0 Å². The second kappa shape index (κ2) is 12.0. The Balaban J connectivity index is 0.00000144. The first-order valence-electron chi connectivity index (χ1n) is 8.33. The fraction of sp³-hybridized carbons (Fsp3) is 0.400. The van der Waals surface area contributed by atoms with Crippen LogP contribution in [0.15, 0.2) is 60.7 Å². The number of nitrogens with zero attached hydrogens (tertiary/aromatic N) is 2. The zero-order valence-electron chi connectivity index (χ0n) is 15.1. The van der Waals surface area contributed by atoms with Gasteiger partial charge in [0, 0.05) is 0 Å². The van der Waals surface area contributed by atoms with E-state index in [4.69, 9.17) is 10.6 Å². The van der Waals surface area contributed by atoms with Crippen LogP contribution in [0.5, 0.6) is 0 Å². The molecule has 116 valence electrons. The van der Waals surface area contributed by atoms with Crippen LogP contribution < -0.4 is 37.7 Å². The third-order valence-corrected chi connectivity index (χ3v) is 4.40. The molecule has 0 radical (unpaired) electrons. The minimum atomic E-state index is 0. The van der Waals surface area contributed by atoms with Gasteiger partial charge >= 0.3 is 37.7 Å². The molecule has 0 saturated heterocycles. The molecule has 2 atom stereocenters. The van der Waals surface area contributed by atoms with Crippen LogP contribution in [0, 0.1) is 0 Å². The first kappa shape index (κ1) is 21.6. The van der Waals surface area contributed by atoms with Crippen molar-refractivity contribution in [3.63, 3.8) is 0 Å². The molecule has 4 heteroatoms. The Morgan fingerprint density at radius 3 is 1.38 bits per heavy atom. The van der Waals surface area contributed by atoms with E-state index in [1.807, 2.05) is 0 Å². The smallest absolute Gasteiger partial charge is 0.657 e. The molecule has 0 heterocycles. The van der Waals surface area contributed by atoms with Gasteiger partial charge in [-0.2, -0.15) is 12.1 Å². The molecule has 3 rings (SSSR count). The quantitative estimate of drug-likeness (QED) is 0.641. The van der Waals surface area contributed by atoms with Gasteiger partial charge in [-0.15, -0.1) is 13.1 Å². The molecule has 0 aliphatic heterocycles. The van der Waals surface area contributed by atoms with Crippen LogP contribution in [-0.2, 0) is 13.1 Å². The molecule has 0 amide bonds. The monoisotopic (exact) mass is 306 g/mol. The molecule has 2 aromatic rings. The predicted molar refractivity (Wildman–Crippen MR) is 93.1 cm³/mol. The second-order valence-electron chi connectivity index (χ2n) is 6.07. The van der Waals surface area contributed by atoms with E-state index in [9.17, 15) is 0 Å². The first-order valence-corrected chi connectivity index (χ1v) is 8.33. The van der Waals surface area contributed by atoms with E-state index in [0.29, 0.717) is 12.1 Å². The maximum atomic E-state index is 4.95. The summed E-state index contributed by atoms with van der Waals surface area (Å²) in [6.07, 6.45) is 4.96. The number of hydrogen-bond donors (Lipinski definition) is 0. The zero-order valence-corrected chi connectivity index (χ0v) is 15.1. The summed E-state index contributed by atoms with van der Waals surface area (Å²) in [5, 5.41) is 9.91. The Bertz CT molecular complexity index is 497. The van der Waals surface area contributed by atoms with Crippen LogP contribution in [-0.4, -0.2) is 12.1 Å². The van der Waals surface area contributed by atoms with Gasteiger partial charge in [-0.3, -0.25) is 0 Å². The van der Waals surface area contributed by atoms with Crippen molar-refractivity contribution in [3.8, 4) is 0 Å². The normalized spacial score (nSPS) is 19.8. The molecule has 24 heavy (non-hydrogen) atoms. The molecule has 1 aliphatic rings. The molecule has 1 saturated carbocycles. The molecule has 0 aromatic heterocycles. The van der Waals surface area contributed by atoms with Gasteiger partial charge in [0.25, 0.3) is 0 Å². The molecule has 2 nitrogen and oxygen atoms in total.